The SMILES string of the molecule is CC(C)N(CCC#N)CCc1nc2ccc(N)cc2[nH]1. The van der Waals surface area contributed by atoms with Gasteiger partial charge in [-0.1, -0.05) is 0 Å². The lowest BCUT2D eigenvalue weighted by Gasteiger charge is -2.24. The van der Waals surface area contributed by atoms with Crippen LogP contribution in [0.2, 0.25) is 0 Å². The van der Waals surface area contributed by atoms with Crippen LogP contribution in [0.25, 0.3) is 11.0 Å². The van der Waals surface area contributed by atoms with E-state index in [-0.39, 0.29) is 0 Å². The van der Waals surface area contributed by atoms with Crippen molar-refractivity contribution in [1.82, 2.24) is 14.9 Å². The van der Waals surface area contributed by atoms with E-state index in [4.69, 9.17) is 11.0 Å². The van der Waals surface area contributed by atoms with Crippen LogP contribution in [0, 0.1) is 11.3 Å². The highest BCUT2D eigenvalue weighted by Crippen LogP contribution is 2.15. The number of benzene rings is 1. The summed E-state index contributed by atoms with van der Waals surface area (Å²) in [5.41, 5.74) is 8.43. The summed E-state index contributed by atoms with van der Waals surface area (Å²) in [5.74, 6) is 0.966. The Morgan fingerprint density at radius 2 is 2.20 bits per heavy atom. The van der Waals surface area contributed by atoms with Gasteiger partial charge in [-0.2, -0.15) is 5.26 Å². The molecular weight excluding hydrogens is 250 g/mol. The van der Waals surface area contributed by atoms with Gasteiger partial charge in [-0.05, 0) is 32.0 Å². The van der Waals surface area contributed by atoms with Gasteiger partial charge in [0, 0.05) is 37.7 Å². The van der Waals surface area contributed by atoms with Gasteiger partial charge in [-0.25, -0.2) is 4.98 Å². The predicted octanol–water partition coefficient (Wildman–Crippen LogP) is 2.31. The number of nitrogens with one attached hydrogen (secondary N) is 1. The third kappa shape index (κ3) is 3.49. The summed E-state index contributed by atoms with van der Waals surface area (Å²) < 4.78 is 0. The van der Waals surface area contributed by atoms with E-state index >= 15 is 0 Å². The van der Waals surface area contributed by atoms with Crippen molar-refractivity contribution in [3.63, 3.8) is 0 Å². The van der Waals surface area contributed by atoms with Crippen LogP contribution >= 0.6 is 0 Å². The molecule has 0 aliphatic carbocycles. The number of nitrogens with zero attached hydrogens (tertiary/aromatic N) is 3. The van der Waals surface area contributed by atoms with Crippen LogP contribution in [0.1, 0.15) is 26.1 Å². The molecule has 0 radical (unpaired) electrons. The Morgan fingerprint density at radius 3 is 2.90 bits per heavy atom. The highest BCUT2D eigenvalue weighted by molar-refractivity contribution is 5.78. The lowest BCUT2D eigenvalue weighted by atomic mass is 10.2. The Labute approximate surface area is 119 Å². The number of nitrogen functional groups attached to an aromatic ring is 1. The van der Waals surface area contributed by atoms with Crippen LogP contribution in [0.3, 0.4) is 0 Å². The fourth-order valence-corrected chi connectivity index (χ4v) is 2.27. The van der Waals surface area contributed by atoms with Crippen LogP contribution in [-0.2, 0) is 6.42 Å². The minimum Gasteiger partial charge on any atom is -0.399 e. The average molecular weight is 271 g/mol. The topological polar surface area (TPSA) is 81.7 Å². The number of rotatable bonds is 6. The monoisotopic (exact) mass is 271 g/mol. The smallest absolute Gasteiger partial charge is 0.108 e. The van der Waals surface area contributed by atoms with Crippen molar-refractivity contribution in [2.24, 2.45) is 0 Å². The zero-order valence-electron chi connectivity index (χ0n) is 12.1. The number of H-pyrrole nitrogens is 1. The zero-order valence-corrected chi connectivity index (χ0v) is 12.1. The highest BCUT2D eigenvalue weighted by Gasteiger charge is 2.10. The molecule has 0 unspecified atom stereocenters. The average Bonchev–Trinajstić information content (AvgIpc) is 2.80. The Hall–Kier alpha value is -2.06. The zero-order chi connectivity index (χ0) is 14.5. The second kappa shape index (κ2) is 6.40. The van der Waals surface area contributed by atoms with E-state index in [0.717, 1.165) is 42.1 Å². The highest BCUT2D eigenvalue weighted by atomic mass is 15.1. The first-order chi connectivity index (χ1) is 9.60. The van der Waals surface area contributed by atoms with Crippen molar-refractivity contribution in [3.8, 4) is 6.07 Å². The first kappa shape index (κ1) is 14.4. The standard InChI is InChI=1S/C15H21N5/c1-11(2)20(8-3-7-16)9-6-15-18-13-5-4-12(17)10-14(13)19-15/h4-5,10-11H,3,6,8-9,17H2,1-2H3,(H,18,19). The van der Waals surface area contributed by atoms with Crippen LogP contribution in [-0.4, -0.2) is 34.0 Å². The lowest BCUT2D eigenvalue weighted by Crippen LogP contribution is -2.33. The van der Waals surface area contributed by atoms with Gasteiger partial charge in [0.1, 0.15) is 5.82 Å². The van der Waals surface area contributed by atoms with Crippen LogP contribution in [0.5, 0.6) is 0 Å². The number of imidazole rings is 1. The molecule has 20 heavy (non-hydrogen) atoms. The van der Waals surface area contributed by atoms with E-state index in [1.165, 1.54) is 0 Å². The van der Waals surface area contributed by atoms with Crippen molar-refractivity contribution >= 4 is 16.7 Å². The predicted molar refractivity (Wildman–Crippen MR) is 81.1 cm³/mol. The first-order valence-corrected chi connectivity index (χ1v) is 6.95. The minimum absolute atomic E-state index is 0.434. The summed E-state index contributed by atoms with van der Waals surface area (Å²) in [6.07, 6.45) is 1.41. The molecule has 0 saturated carbocycles. The summed E-state index contributed by atoms with van der Waals surface area (Å²) in [4.78, 5) is 10.2. The van der Waals surface area contributed by atoms with Gasteiger partial charge < -0.3 is 10.7 Å². The molecule has 5 heteroatoms. The summed E-state index contributed by atoms with van der Waals surface area (Å²) >= 11 is 0. The Balaban J connectivity index is 2.02. The maximum atomic E-state index is 8.70. The Bertz CT molecular complexity index is 608. The number of nitriles is 1. The molecule has 106 valence electrons. The molecule has 0 amide bonds. The van der Waals surface area contributed by atoms with Crippen LogP contribution in [0.4, 0.5) is 5.69 Å². The molecule has 0 spiro atoms. The largest absolute Gasteiger partial charge is 0.399 e. The molecule has 0 aliphatic rings. The van der Waals surface area contributed by atoms with Crippen LogP contribution < -0.4 is 5.73 Å². The maximum Gasteiger partial charge on any atom is 0.108 e. The van der Waals surface area contributed by atoms with Gasteiger partial charge in [0.05, 0.1) is 17.1 Å². The van der Waals surface area contributed by atoms with Gasteiger partial charge in [0.25, 0.3) is 0 Å². The fourth-order valence-electron chi connectivity index (χ4n) is 2.27. The molecule has 0 fully saturated rings. The fraction of sp³-hybridized carbons (Fsp3) is 0.467. The molecule has 0 saturated heterocycles. The van der Waals surface area contributed by atoms with Gasteiger partial charge in [-0.15, -0.1) is 0 Å². The molecule has 0 atom stereocenters. The molecule has 1 aromatic heterocycles. The summed E-state index contributed by atoms with van der Waals surface area (Å²) in [6, 6.07) is 8.33. The quantitative estimate of drug-likeness (QED) is 0.790. The van der Waals surface area contributed by atoms with Gasteiger partial charge in [-0.3, -0.25) is 4.90 Å². The number of hydrogen-bond acceptors (Lipinski definition) is 4. The first-order valence-electron chi connectivity index (χ1n) is 6.95. The van der Waals surface area contributed by atoms with Gasteiger partial charge in [0.15, 0.2) is 0 Å². The van der Waals surface area contributed by atoms with Crippen molar-refractivity contribution in [2.75, 3.05) is 18.8 Å². The Morgan fingerprint density at radius 1 is 1.40 bits per heavy atom. The lowest BCUT2D eigenvalue weighted by molar-refractivity contribution is 0.228. The number of aromatic nitrogens is 2. The number of fused-ring (bicyclic) bond motifs is 1. The summed E-state index contributed by atoms with van der Waals surface area (Å²) in [5, 5.41) is 8.70. The minimum atomic E-state index is 0.434. The third-order valence-electron chi connectivity index (χ3n) is 3.43. The third-order valence-corrected chi connectivity index (χ3v) is 3.43. The molecule has 5 nitrogen and oxygen atoms in total. The van der Waals surface area contributed by atoms with Gasteiger partial charge in [0.2, 0.25) is 0 Å². The van der Waals surface area contributed by atoms with E-state index in [0.29, 0.717) is 12.5 Å². The van der Waals surface area contributed by atoms with Crippen molar-refractivity contribution in [1.29, 1.82) is 5.26 Å². The molecule has 1 heterocycles. The molecule has 0 aliphatic heterocycles. The van der Waals surface area contributed by atoms with Crippen LogP contribution in [0.15, 0.2) is 18.2 Å². The second-order valence-electron chi connectivity index (χ2n) is 5.25. The normalized spacial score (nSPS) is 11.3. The Kier molecular flexibility index (Phi) is 4.59. The van der Waals surface area contributed by atoms with Gasteiger partial charge >= 0.3 is 0 Å². The summed E-state index contributed by atoms with van der Waals surface area (Å²) in [6.45, 7) is 6.00. The maximum absolute atomic E-state index is 8.70. The molecule has 0 bridgehead atoms. The van der Waals surface area contributed by atoms with Crippen molar-refractivity contribution in [2.45, 2.75) is 32.7 Å². The second-order valence-corrected chi connectivity index (χ2v) is 5.25. The van der Waals surface area contributed by atoms with E-state index < -0.39 is 0 Å². The summed E-state index contributed by atoms with van der Waals surface area (Å²) in [7, 11) is 0. The van der Waals surface area contributed by atoms with Crippen molar-refractivity contribution < 1.29 is 0 Å². The molecule has 3 N–H and O–H groups in total. The number of nitrogens with two attached hydrogens (primary N) is 1. The molecule has 2 aromatic rings. The number of hydrogen-bond donors (Lipinski definition) is 2. The van der Waals surface area contributed by atoms with E-state index in [2.05, 4.69) is 34.8 Å². The van der Waals surface area contributed by atoms with Crippen molar-refractivity contribution in [3.05, 3.63) is 24.0 Å². The molecule has 2 rings (SSSR count). The molecule has 1 aromatic carbocycles. The van der Waals surface area contributed by atoms with E-state index in [1.807, 2.05) is 18.2 Å². The number of aromatic amines is 1. The van der Waals surface area contributed by atoms with E-state index in [9.17, 15) is 0 Å². The van der Waals surface area contributed by atoms with E-state index in [1.54, 1.807) is 0 Å². The number of anilines is 1. The molecular formula is C15H21N5.